The van der Waals surface area contributed by atoms with Crippen LogP contribution in [0.1, 0.15) is 18.1 Å². The summed E-state index contributed by atoms with van der Waals surface area (Å²) in [5, 5.41) is 13.4. The van der Waals surface area contributed by atoms with E-state index in [9.17, 15) is 9.59 Å². The number of amides is 3. The molecule has 1 fully saturated rings. The van der Waals surface area contributed by atoms with Gasteiger partial charge in [-0.1, -0.05) is 12.1 Å². The highest BCUT2D eigenvalue weighted by Crippen LogP contribution is 2.24. The van der Waals surface area contributed by atoms with Crippen molar-refractivity contribution in [1.29, 1.82) is 5.26 Å². The molecule has 1 aromatic rings. The lowest BCUT2D eigenvalue weighted by atomic mass is 9.92. The van der Waals surface area contributed by atoms with Gasteiger partial charge in [0.15, 0.2) is 0 Å². The Morgan fingerprint density at radius 2 is 1.88 bits per heavy atom. The molecule has 0 bridgehead atoms. The van der Waals surface area contributed by atoms with Gasteiger partial charge in [-0.3, -0.25) is 10.1 Å². The molecule has 0 aliphatic carbocycles. The van der Waals surface area contributed by atoms with Crippen LogP contribution in [0, 0.1) is 11.3 Å². The molecule has 16 heavy (non-hydrogen) atoms. The topological polar surface area (TPSA) is 82.0 Å². The van der Waals surface area contributed by atoms with Crippen LogP contribution >= 0.6 is 0 Å². The average molecular weight is 215 g/mol. The molecular formula is C11H9N3O2. The van der Waals surface area contributed by atoms with Crippen LogP contribution in [0.25, 0.3) is 0 Å². The monoisotopic (exact) mass is 215 g/mol. The van der Waals surface area contributed by atoms with E-state index in [1.54, 1.807) is 31.2 Å². The lowest BCUT2D eigenvalue weighted by Crippen LogP contribution is -2.40. The molecule has 2 N–H and O–H groups in total. The number of hydrogen-bond donors (Lipinski definition) is 2. The van der Waals surface area contributed by atoms with Crippen LogP contribution < -0.4 is 10.6 Å². The Kier molecular flexibility index (Phi) is 2.13. The molecule has 2 rings (SSSR count). The van der Waals surface area contributed by atoms with Crippen LogP contribution in [0.5, 0.6) is 0 Å². The number of hydrogen-bond acceptors (Lipinski definition) is 3. The number of urea groups is 1. The minimum Gasteiger partial charge on any atom is -0.320 e. The third-order valence-electron chi connectivity index (χ3n) is 2.64. The van der Waals surface area contributed by atoms with Crippen LogP contribution in [0.3, 0.4) is 0 Å². The first-order valence-electron chi connectivity index (χ1n) is 4.70. The van der Waals surface area contributed by atoms with Gasteiger partial charge in [-0.05, 0) is 24.6 Å². The highest BCUT2D eigenvalue weighted by atomic mass is 16.2. The Bertz CT molecular complexity index is 501. The third-order valence-corrected chi connectivity index (χ3v) is 2.64. The first-order valence-corrected chi connectivity index (χ1v) is 4.70. The molecule has 0 aromatic heterocycles. The van der Waals surface area contributed by atoms with Crippen molar-refractivity contribution in [1.82, 2.24) is 10.6 Å². The van der Waals surface area contributed by atoms with E-state index in [-0.39, 0.29) is 5.91 Å². The van der Waals surface area contributed by atoms with Crippen molar-refractivity contribution in [2.75, 3.05) is 0 Å². The van der Waals surface area contributed by atoms with Gasteiger partial charge in [0.2, 0.25) is 0 Å². The van der Waals surface area contributed by atoms with E-state index in [1.807, 2.05) is 6.07 Å². The van der Waals surface area contributed by atoms with Gasteiger partial charge in [-0.25, -0.2) is 4.79 Å². The molecule has 1 aliphatic heterocycles. The molecule has 1 unspecified atom stereocenters. The van der Waals surface area contributed by atoms with E-state index < -0.39 is 11.6 Å². The maximum atomic E-state index is 11.6. The van der Waals surface area contributed by atoms with E-state index in [0.717, 1.165) is 0 Å². The SMILES string of the molecule is CC1(c2ccc(C#N)cc2)NC(=O)NC1=O. The summed E-state index contributed by atoms with van der Waals surface area (Å²) in [6.45, 7) is 1.62. The lowest BCUT2D eigenvalue weighted by Gasteiger charge is -2.20. The molecule has 0 saturated carbocycles. The first-order chi connectivity index (χ1) is 7.56. The Morgan fingerprint density at radius 3 is 2.31 bits per heavy atom. The molecule has 1 heterocycles. The number of carbonyl (C=O) groups excluding carboxylic acids is 2. The standard InChI is InChI=1S/C11H9N3O2/c1-11(9(15)13-10(16)14-11)8-4-2-7(6-12)3-5-8/h2-5H,1H3,(H2,13,14,15,16). The Hall–Kier alpha value is -2.35. The zero-order chi connectivity index (χ0) is 11.8. The number of nitriles is 1. The van der Waals surface area contributed by atoms with Gasteiger partial charge in [0.25, 0.3) is 5.91 Å². The average Bonchev–Trinajstić information content (AvgIpc) is 2.54. The van der Waals surface area contributed by atoms with Crippen molar-refractivity contribution in [3.05, 3.63) is 35.4 Å². The molecule has 1 atom stereocenters. The van der Waals surface area contributed by atoms with Crippen molar-refractivity contribution in [2.24, 2.45) is 0 Å². The summed E-state index contributed by atoms with van der Waals surface area (Å²) in [5.74, 6) is -0.387. The summed E-state index contributed by atoms with van der Waals surface area (Å²) in [4.78, 5) is 22.7. The molecule has 1 saturated heterocycles. The molecular weight excluding hydrogens is 206 g/mol. The van der Waals surface area contributed by atoms with E-state index >= 15 is 0 Å². The van der Waals surface area contributed by atoms with Gasteiger partial charge in [-0.2, -0.15) is 5.26 Å². The number of nitrogens with one attached hydrogen (secondary N) is 2. The molecule has 80 valence electrons. The van der Waals surface area contributed by atoms with Crippen molar-refractivity contribution in [3.8, 4) is 6.07 Å². The second-order valence-electron chi connectivity index (χ2n) is 3.72. The minimum absolute atomic E-state index is 0.387. The fourth-order valence-electron chi connectivity index (χ4n) is 1.62. The van der Waals surface area contributed by atoms with Crippen LogP contribution in [-0.2, 0) is 10.3 Å². The maximum absolute atomic E-state index is 11.6. The summed E-state index contributed by atoms with van der Waals surface area (Å²) in [6.07, 6.45) is 0. The van der Waals surface area contributed by atoms with Gasteiger partial charge in [0.05, 0.1) is 11.6 Å². The Balaban J connectivity index is 2.40. The lowest BCUT2D eigenvalue weighted by molar-refractivity contribution is -0.123. The van der Waals surface area contributed by atoms with Crippen LogP contribution in [0.15, 0.2) is 24.3 Å². The summed E-state index contributed by atoms with van der Waals surface area (Å²) in [5.41, 5.74) is 0.109. The van der Waals surface area contributed by atoms with Crippen LogP contribution in [0.2, 0.25) is 0 Å². The second-order valence-corrected chi connectivity index (χ2v) is 3.72. The summed E-state index contributed by atoms with van der Waals surface area (Å²) in [6, 6.07) is 8.02. The van der Waals surface area contributed by atoms with Gasteiger partial charge in [-0.15, -0.1) is 0 Å². The molecule has 1 aromatic carbocycles. The van der Waals surface area contributed by atoms with E-state index in [4.69, 9.17) is 5.26 Å². The molecule has 0 radical (unpaired) electrons. The molecule has 5 heteroatoms. The largest absolute Gasteiger partial charge is 0.322 e. The summed E-state index contributed by atoms with van der Waals surface area (Å²) in [7, 11) is 0. The fourth-order valence-corrected chi connectivity index (χ4v) is 1.62. The second kappa shape index (κ2) is 3.35. The number of rotatable bonds is 1. The fraction of sp³-hybridized carbons (Fsp3) is 0.182. The molecule has 5 nitrogen and oxygen atoms in total. The minimum atomic E-state index is -1.05. The number of nitrogens with zero attached hydrogens (tertiary/aromatic N) is 1. The van der Waals surface area contributed by atoms with Crippen molar-refractivity contribution < 1.29 is 9.59 Å². The number of benzene rings is 1. The van der Waals surface area contributed by atoms with Crippen LogP contribution in [0.4, 0.5) is 4.79 Å². The number of carbonyl (C=O) groups is 2. The smallest absolute Gasteiger partial charge is 0.320 e. The first kappa shape index (κ1) is 10.2. The molecule has 3 amide bonds. The maximum Gasteiger partial charge on any atom is 0.322 e. The summed E-state index contributed by atoms with van der Waals surface area (Å²) < 4.78 is 0. The van der Waals surface area contributed by atoms with Gasteiger partial charge in [0, 0.05) is 0 Å². The quantitative estimate of drug-likeness (QED) is 0.673. The van der Waals surface area contributed by atoms with E-state index in [1.165, 1.54) is 0 Å². The van der Waals surface area contributed by atoms with Crippen LogP contribution in [-0.4, -0.2) is 11.9 Å². The van der Waals surface area contributed by atoms with Gasteiger partial charge in [0.1, 0.15) is 5.54 Å². The Labute approximate surface area is 92.1 Å². The normalized spacial score (nSPS) is 23.5. The van der Waals surface area contributed by atoms with Crippen molar-refractivity contribution >= 4 is 11.9 Å². The highest BCUT2D eigenvalue weighted by Gasteiger charge is 2.43. The predicted octanol–water partition coefficient (Wildman–Crippen LogP) is 0.613. The Morgan fingerprint density at radius 1 is 1.25 bits per heavy atom. The zero-order valence-corrected chi connectivity index (χ0v) is 8.57. The zero-order valence-electron chi connectivity index (χ0n) is 8.57. The van der Waals surface area contributed by atoms with Gasteiger partial charge >= 0.3 is 6.03 Å². The van der Waals surface area contributed by atoms with E-state index in [2.05, 4.69) is 10.6 Å². The molecule has 0 spiro atoms. The van der Waals surface area contributed by atoms with E-state index in [0.29, 0.717) is 11.1 Å². The highest BCUT2D eigenvalue weighted by molar-refractivity contribution is 6.07. The number of imide groups is 1. The van der Waals surface area contributed by atoms with Crippen molar-refractivity contribution in [3.63, 3.8) is 0 Å². The summed E-state index contributed by atoms with van der Waals surface area (Å²) >= 11 is 0. The third kappa shape index (κ3) is 1.41. The van der Waals surface area contributed by atoms with Gasteiger partial charge < -0.3 is 5.32 Å². The molecule has 1 aliphatic rings. The van der Waals surface area contributed by atoms with Crippen molar-refractivity contribution in [2.45, 2.75) is 12.5 Å². The predicted molar refractivity (Wildman–Crippen MR) is 55.2 cm³/mol.